The topological polar surface area (TPSA) is 123 Å². The molecule has 186 valence electrons. The number of carbonyl (C=O) groups excluding carboxylic acids is 4. The second-order valence-electron chi connectivity index (χ2n) is 8.37. The molecule has 1 aromatic rings. The normalized spacial score (nSPS) is 20.7. The van der Waals surface area contributed by atoms with Crippen molar-refractivity contribution in [2.24, 2.45) is 0 Å². The molecule has 0 bridgehead atoms. The summed E-state index contributed by atoms with van der Waals surface area (Å²) < 4.78 is 10.2. The standard InChI is InChI=1S/C24H33N3O6S/c1-2-32-22(30)14-33-17-8-5-7-16(13-17)19(28)9-6-12-25-21(29)11-4-3-10-20-23-18(15-34-20)26-24(31)27-23/h5,7-8,13,18,20,23H,2-4,6,9-12,14-15H2,1H3,(H,25,29)(H2,26,27,31)/t18-,20-,23-/m0/s1. The largest absolute Gasteiger partial charge is 0.482 e. The van der Waals surface area contributed by atoms with Gasteiger partial charge in [-0.25, -0.2) is 9.59 Å². The highest BCUT2D eigenvalue weighted by Gasteiger charge is 2.42. The van der Waals surface area contributed by atoms with Crippen LogP contribution in [0.25, 0.3) is 0 Å². The number of Topliss-reactive ketones (excluding diaryl/α,β-unsaturated/α-hetero) is 1. The van der Waals surface area contributed by atoms with Crippen molar-refractivity contribution in [3.63, 3.8) is 0 Å². The monoisotopic (exact) mass is 491 g/mol. The number of carbonyl (C=O) groups is 4. The lowest BCUT2D eigenvalue weighted by atomic mass is 10.0. The molecule has 34 heavy (non-hydrogen) atoms. The average Bonchev–Trinajstić information content (AvgIpc) is 3.37. The Labute approximate surface area is 204 Å². The minimum Gasteiger partial charge on any atom is -0.482 e. The summed E-state index contributed by atoms with van der Waals surface area (Å²) in [7, 11) is 0. The number of ketones is 1. The molecule has 10 heteroatoms. The second kappa shape index (κ2) is 13.2. The van der Waals surface area contributed by atoms with Crippen LogP contribution >= 0.6 is 11.8 Å². The highest BCUT2D eigenvalue weighted by molar-refractivity contribution is 8.00. The van der Waals surface area contributed by atoms with Crippen LogP contribution in [0.3, 0.4) is 0 Å². The van der Waals surface area contributed by atoms with Crippen molar-refractivity contribution in [3.8, 4) is 5.75 Å². The van der Waals surface area contributed by atoms with Crippen molar-refractivity contribution in [1.82, 2.24) is 16.0 Å². The maximum Gasteiger partial charge on any atom is 0.344 e. The molecule has 2 aliphatic rings. The second-order valence-corrected chi connectivity index (χ2v) is 9.64. The fourth-order valence-corrected chi connectivity index (χ4v) is 5.63. The third-order valence-electron chi connectivity index (χ3n) is 5.80. The Hall–Kier alpha value is -2.75. The summed E-state index contributed by atoms with van der Waals surface area (Å²) in [6, 6.07) is 7.06. The van der Waals surface area contributed by atoms with Gasteiger partial charge in [0.15, 0.2) is 12.4 Å². The number of hydrogen-bond donors (Lipinski definition) is 3. The van der Waals surface area contributed by atoms with Crippen LogP contribution in [0, 0.1) is 0 Å². The van der Waals surface area contributed by atoms with E-state index in [-0.39, 0.29) is 43.0 Å². The highest BCUT2D eigenvalue weighted by atomic mass is 32.2. The van der Waals surface area contributed by atoms with Crippen LogP contribution in [0.5, 0.6) is 5.75 Å². The first-order valence-corrected chi connectivity index (χ1v) is 12.9. The van der Waals surface area contributed by atoms with Crippen LogP contribution < -0.4 is 20.7 Å². The molecule has 2 aliphatic heterocycles. The summed E-state index contributed by atoms with van der Waals surface area (Å²) >= 11 is 1.88. The molecular weight excluding hydrogens is 458 g/mol. The van der Waals surface area contributed by atoms with Gasteiger partial charge in [-0.15, -0.1) is 0 Å². The highest BCUT2D eigenvalue weighted by Crippen LogP contribution is 2.33. The van der Waals surface area contributed by atoms with Gasteiger partial charge in [-0.1, -0.05) is 18.6 Å². The van der Waals surface area contributed by atoms with Crippen LogP contribution in [-0.4, -0.2) is 66.5 Å². The Morgan fingerprint density at radius 3 is 2.82 bits per heavy atom. The Balaban J connectivity index is 1.25. The van der Waals surface area contributed by atoms with E-state index in [1.54, 1.807) is 31.2 Å². The quantitative estimate of drug-likeness (QED) is 0.158. The molecule has 3 amide bonds. The summed E-state index contributed by atoms with van der Waals surface area (Å²) in [5.74, 6) is 0.871. The number of rotatable bonds is 14. The maximum absolute atomic E-state index is 12.4. The molecule has 2 heterocycles. The zero-order valence-electron chi connectivity index (χ0n) is 19.5. The molecule has 3 N–H and O–H groups in total. The first-order valence-electron chi connectivity index (χ1n) is 11.8. The van der Waals surface area contributed by atoms with E-state index in [4.69, 9.17) is 9.47 Å². The Morgan fingerprint density at radius 2 is 2.00 bits per heavy atom. The van der Waals surface area contributed by atoms with E-state index < -0.39 is 5.97 Å². The van der Waals surface area contributed by atoms with E-state index in [1.165, 1.54) is 0 Å². The van der Waals surface area contributed by atoms with Gasteiger partial charge in [0.25, 0.3) is 0 Å². The summed E-state index contributed by atoms with van der Waals surface area (Å²) in [5.41, 5.74) is 0.508. The fourth-order valence-electron chi connectivity index (χ4n) is 4.09. The van der Waals surface area contributed by atoms with E-state index >= 15 is 0 Å². The van der Waals surface area contributed by atoms with Crippen molar-refractivity contribution >= 4 is 35.5 Å². The van der Waals surface area contributed by atoms with Crippen molar-refractivity contribution in [2.45, 2.75) is 62.8 Å². The predicted octanol–water partition coefficient (Wildman–Crippen LogP) is 2.43. The molecule has 2 fully saturated rings. The predicted molar refractivity (Wildman–Crippen MR) is 129 cm³/mol. The van der Waals surface area contributed by atoms with Gasteiger partial charge >= 0.3 is 12.0 Å². The smallest absolute Gasteiger partial charge is 0.344 e. The number of nitrogens with one attached hydrogen (secondary N) is 3. The van der Waals surface area contributed by atoms with Gasteiger partial charge < -0.3 is 25.4 Å². The first kappa shape index (κ1) is 25.9. The number of fused-ring (bicyclic) bond motifs is 1. The molecule has 0 radical (unpaired) electrons. The summed E-state index contributed by atoms with van der Waals surface area (Å²) in [6.45, 7) is 2.26. The molecule has 2 saturated heterocycles. The molecule has 0 spiro atoms. The maximum atomic E-state index is 12.4. The van der Waals surface area contributed by atoms with Gasteiger partial charge in [0.2, 0.25) is 5.91 Å². The van der Waals surface area contributed by atoms with Gasteiger partial charge in [0.1, 0.15) is 5.75 Å². The number of unbranched alkanes of at least 4 members (excludes halogenated alkanes) is 1. The Bertz CT molecular complexity index is 880. The number of hydrogen-bond acceptors (Lipinski definition) is 7. The van der Waals surface area contributed by atoms with Crippen LogP contribution in [0.1, 0.15) is 55.8 Å². The molecular formula is C24H33N3O6S. The van der Waals surface area contributed by atoms with Crippen LogP contribution in [0.2, 0.25) is 0 Å². The van der Waals surface area contributed by atoms with Crippen molar-refractivity contribution in [3.05, 3.63) is 29.8 Å². The summed E-state index contributed by atoms with van der Waals surface area (Å²) in [5, 5.41) is 9.21. The van der Waals surface area contributed by atoms with Gasteiger partial charge in [-0.2, -0.15) is 11.8 Å². The van der Waals surface area contributed by atoms with Crippen LogP contribution in [0.15, 0.2) is 24.3 Å². The van der Waals surface area contributed by atoms with E-state index in [0.717, 1.165) is 25.0 Å². The summed E-state index contributed by atoms with van der Waals surface area (Å²) in [4.78, 5) is 47.3. The summed E-state index contributed by atoms with van der Waals surface area (Å²) in [6.07, 6.45) is 4.05. The third-order valence-corrected chi connectivity index (χ3v) is 7.31. The van der Waals surface area contributed by atoms with Gasteiger partial charge in [-0.05, 0) is 38.3 Å². The number of urea groups is 1. The lowest BCUT2D eigenvalue weighted by Crippen LogP contribution is -2.36. The third kappa shape index (κ3) is 7.93. The van der Waals surface area contributed by atoms with Crippen molar-refractivity contribution < 1.29 is 28.7 Å². The van der Waals surface area contributed by atoms with Crippen molar-refractivity contribution in [2.75, 3.05) is 25.5 Å². The molecule has 1 aromatic carbocycles. The van der Waals surface area contributed by atoms with Gasteiger partial charge in [-0.3, -0.25) is 9.59 Å². The molecule has 3 atom stereocenters. The minimum atomic E-state index is -0.458. The van der Waals surface area contributed by atoms with E-state index in [1.807, 2.05) is 11.8 Å². The van der Waals surface area contributed by atoms with E-state index in [0.29, 0.717) is 42.4 Å². The molecule has 3 rings (SSSR count). The van der Waals surface area contributed by atoms with Crippen LogP contribution in [0.4, 0.5) is 4.79 Å². The number of amides is 3. The van der Waals surface area contributed by atoms with Gasteiger partial charge in [0, 0.05) is 36.0 Å². The lowest BCUT2D eigenvalue weighted by molar-refractivity contribution is -0.145. The average molecular weight is 492 g/mol. The Kier molecular flexibility index (Phi) is 10.1. The molecule has 9 nitrogen and oxygen atoms in total. The van der Waals surface area contributed by atoms with E-state index in [2.05, 4.69) is 16.0 Å². The number of esters is 1. The zero-order chi connectivity index (χ0) is 24.3. The molecule has 0 saturated carbocycles. The molecule has 0 aromatic heterocycles. The molecule has 0 aliphatic carbocycles. The van der Waals surface area contributed by atoms with Crippen LogP contribution in [-0.2, 0) is 14.3 Å². The number of benzene rings is 1. The Morgan fingerprint density at radius 1 is 1.15 bits per heavy atom. The minimum absolute atomic E-state index is 0.00500. The number of thioether (sulfide) groups is 1. The number of ether oxygens (including phenoxy) is 2. The van der Waals surface area contributed by atoms with Gasteiger partial charge in [0.05, 0.1) is 18.7 Å². The zero-order valence-corrected chi connectivity index (χ0v) is 20.3. The lowest BCUT2D eigenvalue weighted by Gasteiger charge is -2.16. The molecule has 0 unspecified atom stereocenters. The first-order chi connectivity index (χ1) is 16.5. The van der Waals surface area contributed by atoms with E-state index in [9.17, 15) is 19.2 Å². The SMILES string of the molecule is CCOC(=O)COc1cccc(C(=O)CCCNC(=O)CCCC[C@@H]2SC[C@@H]3NC(=O)N[C@@H]32)c1. The van der Waals surface area contributed by atoms with Crippen molar-refractivity contribution in [1.29, 1.82) is 0 Å². The fraction of sp³-hybridized carbons (Fsp3) is 0.583.